The molecule has 0 amide bonds. The van der Waals surface area contributed by atoms with Crippen LogP contribution < -0.4 is 0 Å². The predicted molar refractivity (Wildman–Crippen MR) is 59.1 cm³/mol. The monoisotopic (exact) mass is 198 g/mol. The van der Waals surface area contributed by atoms with Crippen LogP contribution in [0.3, 0.4) is 0 Å². The van der Waals surface area contributed by atoms with E-state index in [2.05, 4.69) is 20.8 Å². The predicted octanol–water partition coefficient (Wildman–Crippen LogP) is 3.32. The van der Waals surface area contributed by atoms with E-state index in [1.165, 1.54) is 0 Å². The molecule has 0 fully saturated rings. The number of carbonyl (C=O) groups is 1. The maximum Gasteiger partial charge on any atom is 0.331 e. The Morgan fingerprint density at radius 1 is 1.07 bits per heavy atom. The van der Waals surface area contributed by atoms with Gasteiger partial charge < -0.3 is 4.74 Å². The molecule has 0 aromatic rings. The smallest absolute Gasteiger partial charge is 0.331 e. The van der Waals surface area contributed by atoms with Crippen LogP contribution in [0.4, 0.5) is 0 Å². The van der Waals surface area contributed by atoms with Crippen LogP contribution in [0, 0.1) is 5.41 Å². The minimum absolute atomic E-state index is 0.0247. The molecule has 14 heavy (non-hydrogen) atoms. The highest BCUT2D eigenvalue weighted by atomic mass is 16.6. The fourth-order valence-corrected chi connectivity index (χ4v) is 0.725. The third-order valence-corrected chi connectivity index (χ3v) is 1.92. The van der Waals surface area contributed by atoms with E-state index < -0.39 is 5.60 Å². The number of carbonyl (C=O) groups excluding carboxylic acids is 1. The zero-order valence-electron chi connectivity index (χ0n) is 10.4. The first-order valence-corrected chi connectivity index (χ1v) is 4.94. The van der Waals surface area contributed by atoms with Gasteiger partial charge in [-0.2, -0.15) is 0 Å². The van der Waals surface area contributed by atoms with Gasteiger partial charge in [0.2, 0.25) is 0 Å². The van der Waals surface area contributed by atoms with Crippen LogP contribution in [0.15, 0.2) is 11.6 Å². The minimum atomic E-state index is -0.411. The summed E-state index contributed by atoms with van der Waals surface area (Å²) in [6.45, 7) is 13.8. The van der Waals surface area contributed by atoms with Crippen molar-refractivity contribution < 1.29 is 9.53 Å². The summed E-state index contributed by atoms with van der Waals surface area (Å²) < 4.78 is 5.19. The van der Waals surface area contributed by atoms with Gasteiger partial charge >= 0.3 is 5.97 Å². The number of allylic oxidation sites excluding steroid dienone is 1. The van der Waals surface area contributed by atoms with Crippen LogP contribution in [0.5, 0.6) is 0 Å². The van der Waals surface area contributed by atoms with Crippen molar-refractivity contribution in [1.82, 2.24) is 0 Å². The van der Waals surface area contributed by atoms with Crippen LogP contribution in [-0.4, -0.2) is 11.6 Å². The molecule has 0 radical (unpaired) electrons. The van der Waals surface area contributed by atoms with Gasteiger partial charge in [0.05, 0.1) is 0 Å². The summed E-state index contributed by atoms with van der Waals surface area (Å²) in [7, 11) is 0. The molecule has 0 atom stereocenters. The largest absolute Gasteiger partial charge is 0.457 e. The molecule has 0 saturated heterocycles. The SMILES string of the molecule is C/C(=C/C(=O)OC(C)(C)C)C(C)(C)C. The van der Waals surface area contributed by atoms with E-state index in [1.54, 1.807) is 6.08 Å². The van der Waals surface area contributed by atoms with Gasteiger partial charge in [-0.1, -0.05) is 26.3 Å². The summed E-state index contributed by atoms with van der Waals surface area (Å²) in [5, 5.41) is 0. The molecular weight excluding hydrogens is 176 g/mol. The molecule has 0 saturated carbocycles. The quantitative estimate of drug-likeness (QED) is 0.477. The number of hydrogen-bond acceptors (Lipinski definition) is 2. The van der Waals surface area contributed by atoms with E-state index in [9.17, 15) is 4.79 Å². The van der Waals surface area contributed by atoms with E-state index in [0.29, 0.717) is 0 Å². The Balaban J connectivity index is 4.46. The molecule has 0 aliphatic carbocycles. The highest BCUT2D eigenvalue weighted by molar-refractivity contribution is 5.83. The van der Waals surface area contributed by atoms with Crippen molar-refractivity contribution in [3.8, 4) is 0 Å². The Morgan fingerprint density at radius 2 is 1.50 bits per heavy atom. The lowest BCUT2D eigenvalue weighted by Gasteiger charge is -2.21. The lowest BCUT2D eigenvalue weighted by Crippen LogP contribution is -2.23. The second-order valence-electron chi connectivity index (χ2n) is 5.61. The lowest BCUT2D eigenvalue weighted by molar-refractivity contribution is -0.148. The first-order valence-electron chi connectivity index (χ1n) is 4.94. The van der Waals surface area contributed by atoms with Crippen LogP contribution >= 0.6 is 0 Å². The first kappa shape index (κ1) is 13.2. The average Bonchev–Trinajstić information content (AvgIpc) is 1.79. The van der Waals surface area contributed by atoms with Gasteiger partial charge in [0, 0.05) is 6.08 Å². The number of ether oxygens (including phenoxy) is 1. The highest BCUT2D eigenvalue weighted by Crippen LogP contribution is 2.24. The molecule has 0 N–H and O–H groups in total. The highest BCUT2D eigenvalue weighted by Gasteiger charge is 2.18. The Hall–Kier alpha value is -0.790. The number of esters is 1. The van der Waals surface area contributed by atoms with Crippen molar-refractivity contribution >= 4 is 5.97 Å². The molecule has 0 rings (SSSR count). The standard InChI is InChI=1S/C12H22O2/c1-9(11(2,3)4)8-10(13)14-12(5,6)7/h8H,1-7H3/b9-8-. The lowest BCUT2D eigenvalue weighted by atomic mass is 9.87. The van der Waals surface area contributed by atoms with Crippen molar-refractivity contribution in [2.75, 3.05) is 0 Å². The topological polar surface area (TPSA) is 26.3 Å². The summed E-state index contributed by atoms with van der Waals surface area (Å²) in [5.74, 6) is -0.259. The molecule has 0 aromatic carbocycles. The summed E-state index contributed by atoms with van der Waals surface area (Å²) in [6, 6.07) is 0. The summed E-state index contributed by atoms with van der Waals surface area (Å²) in [5.41, 5.74) is 0.648. The van der Waals surface area contributed by atoms with E-state index in [4.69, 9.17) is 4.74 Å². The van der Waals surface area contributed by atoms with Crippen molar-refractivity contribution in [2.24, 2.45) is 5.41 Å². The molecule has 0 bridgehead atoms. The molecule has 0 heterocycles. The van der Waals surface area contributed by atoms with E-state index in [-0.39, 0.29) is 11.4 Å². The molecule has 0 unspecified atom stereocenters. The summed E-state index contributed by atoms with van der Waals surface area (Å²) in [6.07, 6.45) is 1.57. The Labute approximate surface area is 87.3 Å². The maximum absolute atomic E-state index is 11.4. The fourth-order valence-electron chi connectivity index (χ4n) is 0.725. The summed E-state index contributed by atoms with van der Waals surface area (Å²) >= 11 is 0. The second-order valence-corrected chi connectivity index (χ2v) is 5.61. The van der Waals surface area contributed by atoms with E-state index in [1.807, 2.05) is 27.7 Å². The molecule has 2 nitrogen and oxygen atoms in total. The van der Waals surface area contributed by atoms with Crippen LogP contribution in [0.25, 0.3) is 0 Å². The van der Waals surface area contributed by atoms with Gasteiger partial charge in [-0.3, -0.25) is 0 Å². The maximum atomic E-state index is 11.4. The zero-order valence-corrected chi connectivity index (χ0v) is 10.4. The Morgan fingerprint density at radius 3 is 1.79 bits per heavy atom. The van der Waals surface area contributed by atoms with Crippen molar-refractivity contribution in [3.63, 3.8) is 0 Å². The molecule has 0 aliphatic heterocycles. The zero-order chi connectivity index (χ0) is 11.6. The van der Waals surface area contributed by atoms with Crippen LogP contribution in [0.2, 0.25) is 0 Å². The average molecular weight is 198 g/mol. The third-order valence-electron chi connectivity index (χ3n) is 1.92. The van der Waals surface area contributed by atoms with E-state index >= 15 is 0 Å². The van der Waals surface area contributed by atoms with Gasteiger partial charge in [0.1, 0.15) is 5.60 Å². The molecule has 0 aromatic heterocycles. The number of rotatable bonds is 1. The van der Waals surface area contributed by atoms with E-state index in [0.717, 1.165) is 5.57 Å². The van der Waals surface area contributed by atoms with Gasteiger partial charge in [0.25, 0.3) is 0 Å². The van der Waals surface area contributed by atoms with Crippen molar-refractivity contribution in [1.29, 1.82) is 0 Å². The second kappa shape index (κ2) is 4.16. The van der Waals surface area contributed by atoms with Gasteiger partial charge in [-0.25, -0.2) is 4.79 Å². The minimum Gasteiger partial charge on any atom is -0.457 e. The summed E-state index contributed by atoms with van der Waals surface area (Å²) in [4.78, 5) is 11.4. The molecule has 0 spiro atoms. The third kappa shape index (κ3) is 5.79. The van der Waals surface area contributed by atoms with Crippen molar-refractivity contribution in [3.05, 3.63) is 11.6 Å². The van der Waals surface area contributed by atoms with Crippen LogP contribution in [-0.2, 0) is 9.53 Å². The normalized spacial score (nSPS) is 14.1. The van der Waals surface area contributed by atoms with Gasteiger partial charge in [-0.05, 0) is 33.1 Å². The van der Waals surface area contributed by atoms with Crippen LogP contribution in [0.1, 0.15) is 48.5 Å². The molecule has 2 heteroatoms. The Kier molecular flexibility index (Phi) is 3.92. The van der Waals surface area contributed by atoms with Gasteiger partial charge in [-0.15, -0.1) is 0 Å². The first-order chi connectivity index (χ1) is 6.02. The number of hydrogen-bond donors (Lipinski definition) is 0. The van der Waals surface area contributed by atoms with Gasteiger partial charge in [0.15, 0.2) is 0 Å². The molecule has 0 aliphatic rings. The Bertz CT molecular complexity index is 236. The fraction of sp³-hybridized carbons (Fsp3) is 0.750. The molecular formula is C12H22O2. The molecule has 82 valence electrons. The van der Waals surface area contributed by atoms with Crippen molar-refractivity contribution in [2.45, 2.75) is 54.1 Å².